The first-order valence-electron chi connectivity index (χ1n) is 13.1. The molecule has 0 spiro atoms. The summed E-state index contributed by atoms with van der Waals surface area (Å²) in [6.45, 7) is 7.17. The van der Waals surface area contributed by atoms with Gasteiger partial charge in [0, 0.05) is 11.9 Å². The van der Waals surface area contributed by atoms with Crippen molar-refractivity contribution < 1.29 is 29.4 Å². The number of carbonyl (C=O) groups is 4. The molecule has 0 aliphatic carbocycles. The highest BCUT2D eigenvalue weighted by Gasteiger charge is 2.32. The van der Waals surface area contributed by atoms with Crippen LogP contribution in [0.1, 0.15) is 64.3 Å². The number of aromatic nitrogens is 1. The molecule has 3 rings (SSSR count). The normalized spacial score (nSPS) is 18.1. The first-order chi connectivity index (χ1) is 18.5. The van der Waals surface area contributed by atoms with Gasteiger partial charge in [0.1, 0.15) is 18.2 Å². The van der Waals surface area contributed by atoms with Crippen LogP contribution in [0.4, 0.5) is 0 Å². The number of amides is 3. The molecule has 1 fully saturated rings. The molecule has 4 atom stereocenters. The van der Waals surface area contributed by atoms with Gasteiger partial charge in [-0.1, -0.05) is 44.2 Å². The number of carboxylic acids is 1. The lowest BCUT2D eigenvalue weighted by Gasteiger charge is -2.35. The van der Waals surface area contributed by atoms with Crippen LogP contribution in [0.2, 0.25) is 0 Å². The molecule has 1 aromatic heterocycles. The van der Waals surface area contributed by atoms with Crippen molar-refractivity contribution in [1.82, 2.24) is 26.1 Å². The van der Waals surface area contributed by atoms with Crippen LogP contribution in [0.15, 0.2) is 36.4 Å². The molecule has 1 aliphatic heterocycles. The van der Waals surface area contributed by atoms with E-state index in [9.17, 15) is 24.3 Å². The first-order valence-corrected chi connectivity index (χ1v) is 13.1. The Labute approximate surface area is 227 Å². The van der Waals surface area contributed by atoms with Crippen LogP contribution in [0.3, 0.4) is 0 Å². The number of aliphatic hydroxyl groups excluding tert-OH is 1. The molecule has 39 heavy (non-hydrogen) atoms. The Bertz CT molecular complexity index is 1250. The Kier molecular flexibility index (Phi) is 10.1. The van der Waals surface area contributed by atoms with Crippen molar-refractivity contribution in [1.29, 1.82) is 0 Å². The fourth-order valence-electron chi connectivity index (χ4n) is 4.21. The van der Waals surface area contributed by atoms with E-state index >= 15 is 0 Å². The van der Waals surface area contributed by atoms with Crippen molar-refractivity contribution in [2.24, 2.45) is 5.92 Å². The lowest BCUT2D eigenvalue weighted by atomic mass is 10.1. The maximum absolute atomic E-state index is 13.1. The van der Waals surface area contributed by atoms with E-state index in [-0.39, 0.29) is 18.2 Å². The van der Waals surface area contributed by atoms with Gasteiger partial charge >= 0.3 is 5.97 Å². The van der Waals surface area contributed by atoms with E-state index in [0.29, 0.717) is 25.1 Å². The van der Waals surface area contributed by atoms with Crippen molar-refractivity contribution in [2.45, 2.75) is 71.2 Å². The summed E-state index contributed by atoms with van der Waals surface area (Å²) in [5, 5.41) is 26.5. The Hall–Kier alpha value is -3.83. The average Bonchev–Trinajstić information content (AvgIpc) is 2.91. The number of carboxylic acid groups (broad SMARTS) is 1. The molecular weight excluding hydrogens is 502 g/mol. The summed E-state index contributed by atoms with van der Waals surface area (Å²) in [7, 11) is 0. The van der Waals surface area contributed by atoms with E-state index in [1.807, 2.05) is 37.3 Å². The fraction of sp³-hybridized carbons (Fsp3) is 0.464. The number of fused-ring (bicyclic) bond motifs is 1. The minimum absolute atomic E-state index is 0.0679. The summed E-state index contributed by atoms with van der Waals surface area (Å²) in [5.41, 5.74) is 5.17. The fourth-order valence-corrected chi connectivity index (χ4v) is 4.21. The third kappa shape index (κ3) is 8.08. The number of rotatable bonds is 10. The average molecular weight is 540 g/mol. The molecule has 0 saturated carbocycles. The van der Waals surface area contributed by atoms with Crippen molar-refractivity contribution in [2.75, 3.05) is 6.54 Å². The molecule has 1 saturated heterocycles. The standard InChI is InChI=1S/C28H37N5O6/c1-16(2)25(36)27(38)30-18(4)28(39)33-14-6-8-22(32-33)26(37)29-17(3)21-13-12-20-11-10-19(15-23(20)31-21)7-5-9-24(34)35/h5,7,10-13,15-18,22,25,32,36H,6,8-9,14H2,1-4H3,(H,29,37)(H,30,38)(H,34,35)/b7-5+/t17-,18+,22+,25+/m1/s1. The lowest BCUT2D eigenvalue weighted by Crippen LogP contribution is -2.61. The van der Waals surface area contributed by atoms with Gasteiger partial charge in [0.05, 0.1) is 23.7 Å². The zero-order valence-electron chi connectivity index (χ0n) is 22.7. The molecule has 0 unspecified atom stereocenters. The number of hydrogen-bond acceptors (Lipinski definition) is 7. The van der Waals surface area contributed by atoms with Crippen molar-refractivity contribution in [3.8, 4) is 0 Å². The second-order valence-electron chi connectivity index (χ2n) is 10.2. The zero-order chi connectivity index (χ0) is 28.7. The maximum atomic E-state index is 13.1. The number of pyridine rings is 1. The summed E-state index contributed by atoms with van der Waals surface area (Å²) in [4.78, 5) is 53.5. The number of nitrogens with zero attached hydrogens (tertiary/aromatic N) is 2. The summed E-state index contributed by atoms with van der Waals surface area (Å²) in [6, 6.07) is 7.48. The highest BCUT2D eigenvalue weighted by Crippen LogP contribution is 2.20. The molecule has 1 aromatic carbocycles. The van der Waals surface area contributed by atoms with Gasteiger partial charge in [0.2, 0.25) is 11.8 Å². The smallest absolute Gasteiger partial charge is 0.307 e. The SMILES string of the molecule is CC(C)[C@H](O)C(=O)N[C@@H](C)C(=O)N1CCC[C@@H](C(=O)N[C@H](C)c2ccc3ccc(/C=C/CC(=O)O)cc3n2)N1. The van der Waals surface area contributed by atoms with Gasteiger partial charge in [0.25, 0.3) is 5.91 Å². The predicted molar refractivity (Wildman–Crippen MR) is 146 cm³/mol. The number of aliphatic hydroxyl groups is 1. The molecule has 0 radical (unpaired) electrons. The summed E-state index contributed by atoms with van der Waals surface area (Å²) >= 11 is 0. The molecular formula is C28H37N5O6. The monoisotopic (exact) mass is 539 g/mol. The van der Waals surface area contributed by atoms with E-state index in [0.717, 1.165) is 16.5 Å². The third-order valence-electron chi connectivity index (χ3n) is 6.54. The molecule has 0 bridgehead atoms. The number of aliphatic carboxylic acids is 1. The predicted octanol–water partition coefficient (Wildman–Crippen LogP) is 1.92. The van der Waals surface area contributed by atoms with Crippen molar-refractivity contribution in [3.63, 3.8) is 0 Å². The highest BCUT2D eigenvalue weighted by atomic mass is 16.4. The van der Waals surface area contributed by atoms with Crippen LogP contribution >= 0.6 is 0 Å². The zero-order valence-corrected chi connectivity index (χ0v) is 22.7. The molecule has 11 nitrogen and oxygen atoms in total. The minimum atomic E-state index is -1.21. The molecule has 3 amide bonds. The quantitative estimate of drug-likeness (QED) is 0.306. The second kappa shape index (κ2) is 13.3. The number of hydrazine groups is 1. The van der Waals surface area contributed by atoms with E-state index < -0.39 is 42.0 Å². The van der Waals surface area contributed by atoms with Crippen LogP contribution in [0, 0.1) is 5.92 Å². The van der Waals surface area contributed by atoms with Gasteiger partial charge in [-0.15, -0.1) is 0 Å². The van der Waals surface area contributed by atoms with Gasteiger partial charge in [-0.05, 0) is 50.3 Å². The lowest BCUT2D eigenvalue weighted by molar-refractivity contribution is -0.144. The van der Waals surface area contributed by atoms with Crippen LogP contribution in [-0.4, -0.2) is 68.6 Å². The van der Waals surface area contributed by atoms with E-state index in [1.54, 1.807) is 32.9 Å². The minimum Gasteiger partial charge on any atom is -0.481 e. The van der Waals surface area contributed by atoms with Crippen LogP contribution < -0.4 is 16.1 Å². The maximum Gasteiger partial charge on any atom is 0.307 e. The summed E-state index contributed by atoms with van der Waals surface area (Å²) in [5.74, 6) is -2.47. The molecule has 2 aromatic rings. The van der Waals surface area contributed by atoms with Gasteiger partial charge in [-0.2, -0.15) is 0 Å². The molecule has 210 valence electrons. The third-order valence-corrected chi connectivity index (χ3v) is 6.54. The number of benzene rings is 1. The van der Waals surface area contributed by atoms with E-state index in [4.69, 9.17) is 5.11 Å². The van der Waals surface area contributed by atoms with Crippen molar-refractivity contribution >= 4 is 40.7 Å². The van der Waals surface area contributed by atoms with E-state index in [2.05, 4.69) is 21.0 Å². The summed E-state index contributed by atoms with van der Waals surface area (Å²) < 4.78 is 0. The molecule has 11 heteroatoms. The van der Waals surface area contributed by atoms with Crippen LogP contribution in [0.5, 0.6) is 0 Å². The van der Waals surface area contributed by atoms with Crippen molar-refractivity contribution in [3.05, 3.63) is 47.7 Å². The number of nitrogens with one attached hydrogen (secondary N) is 3. The van der Waals surface area contributed by atoms with Crippen LogP contribution in [0.25, 0.3) is 17.0 Å². The Morgan fingerprint density at radius 2 is 1.85 bits per heavy atom. The van der Waals surface area contributed by atoms with Crippen LogP contribution in [-0.2, 0) is 19.2 Å². The highest BCUT2D eigenvalue weighted by molar-refractivity contribution is 5.89. The first kappa shape index (κ1) is 29.7. The van der Waals surface area contributed by atoms with Gasteiger partial charge in [-0.25, -0.2) is 5.43 Å². The molecule has 1 aliphatic rings. The second-order valence-corrected chi connectivity index (χ2v) is 10.2. The Morgan fingerprint density at radius 1 is 1.13 bits per heavy atom. The van der Waals surface area contributed by atoms with E-state index in [1.165, 1.54) is 5.01 Å². The molecule has 2 heterocycles. The Balaban J connectivity index is 1.61. The topological polar surface area (TPSA) is 161 Å². The van der Waals surface area contributed by atoms with Gasteiger partial charge in [0.15, 0.2) is 0 Å². The molecule has 5 N–H and O–H groups in total. The van der Waals surface area contributed by atoms with Gasteiger partial charge < -0.3 is 20.8 Å². The number of hydrogen-bond donors (Lipinski definition) is 5. The number of carbonyl (C=O) groups excluding carboxylic acids is 3. The van der Waals surface area contributed by atoms with Gasteiger partial charge in [-0.3, -0.25) is 29.2 Å². The summed E-state index contributed by atoms with van der Waals surface area (Å²) in [6.07, 6.45) is 3.16. The largest absolute Gasteiger partial charge is 0.481 e. The Morgan fingerprint density at radius 3 is 2.54 bits per heavy atom.